The molecule has 0 amide bonds. The number of carbonyl (C=O) groups excluding carboxylic acids is 1. The van der Waals surface area contributed by atoms with E-state index in [1.165, 1.54) is 12.7 Å². The molecule has 0 spiro atoms. The van der Waals surface area contributed by atoms with E-state index in [9.17, 15) is 4.79 Å². The highest BCUT2D eigenvalue weighted by molar-refractivity contribution is 5.90. The van der Waals surface area contributed by atoms with E-state index < -0.39 is 0 Å². The van der Waals surface area contributed by atoms with Gasteiger partial charge in [0.2, 0.25) is 0 Å². The summed E-state index contributed by atoms with van der Waals surface area (Å²) in [6.07, 6.45) is 3.94. The van der Waals surface area contributed by atoms with Crippen molar-refractivity contribution in [2.45, 2.75) is 19.8 Å². The summed E-state index contributed by atoms with van der Waals surface area (Å²) in [5.41, 5.74) is 8.42. The van der Waals surface area contributed by atoms with E-state index in [2.05, 4.69) is 13.0 Å². The highest BCUT2D eigenvalue weighted by atomic mass is 16.5. The summed E-state index contributed by atoms with van der Waals surface area (Å²) in [5, 5.41) is 0. The Morgan fingerprint density at radius 3 is 2.82 bits per heavy atom. The SMILES string of the molecule is CCC(=Cc1cccc(C(=O)OC)c1)CCN. The summed E-state index contributed by atoms with van der Waals surface area (Å²) in [4.78, 5) is 11.4. The van der Waals surface area contributed by atoms with E-state index in [-0.39, 0.29) is 5.97 Å². The maximum Gasteiger partial charge on any atom is 0.337 e. The van der Waals surface area contributed by atoms with Gasteiger partial charge in [-0.25, -0.2) is 4.79 Å². The lowest BCUT2D eigenvalue weighted by atomic mass is 10.0. The Hall–Kier alpha value is -1.61. The molecule has 0 aromatic heterocycles. The normalized spacial score (nSPS) is 11.4. The van der Waals surface area contributed by atoms with Crippen molar-refractivity contribution >= 4 is 12.0 Å². The zero-order valence-electron chi connectivity index (χ0n) is 10.4. The van der Waals surface area contributed by atoms with Crippen LogP contribution in [-0.4, -0.2) is 19.6 Å². The van der Waals surface area contributed by atoms with Crippen LogP contribution in [0.4, 0.5) is 0 Å². The van der Waals surface area contributed by atoms with E-state index in [1.54, 1.807) is 6.07 Å². The molecule has 0 unspecified atom stereocenters. The maximum absolute atomic E-state index is 11.4. The Kier molecular flexibility index (Phi) is 5.43. The van der Waals surface area contributed by atoms with Gasteiger partial charge in [-0.2, -0.15) is 0 Å². The quantitative estimate of drug-likeness (QED) is 0.795. The van der Waals surface area contributed by atoms with Crippen LogP contribution in [0.1, 0.15) is 35.7 Å². The fourth-order valence-electron chi connectivity index (χ4n) is 1.65. The molecule has 0 radical (unpaired) electrons. The topological polar surface area (TPSA) is 52.3 Å². The van der Waals surface area contributed by atoms with Crippen molar-refractivity contribution < 1.29 is 9.53 Å². The number of rotatable bonds is 5. The third-order valence-electron chi connectivity index (χ3n) is 2.60. The maximum atomic E-state index is 11.4. The number of ether oxygens (including phenoxy) is 1. The van der Waals surface area contributed by atoms with E-state index in [1.807, 2.05) is 18.2 Å². The van der Waals surface area contributed by atoms with Crippen molar-refractivity contribution in [1.29, 1.82) is 0 Å². The van der Waals surface area contributed by atoms with Gasteiger partial charge in [0.1, 0.15) is 0 Å². The monoisotopic (exact) mass is 233 g/mol. The predicted octanol–water partition coefficient (Wildman–Crippen LogP) is 2.62. The average Bonchev–Trinajstić information content (AvgIpc) is 2.37. The Morgan fingerprint density at radius 2 is 2.24 bits per heavy atom. The molecular weight excluding hydrogens is 214 g/mol. The fourth-order valence-corrected chi connectivity index (χ4v) is 1.65. The lowest BCUT2D eigenvalue weighted by Crippen LogP contribution is -2.01. The average molecular weight is 233 g/mol. The molecule has 1 rings (SSSR count). The third kappa shape index (κ3) is 4.04. The number of carbonyl (C=O) groups is 1. The summed E-state index contributed by atoms with van der Waals surface area (Å²) in [5.74, 6) is -0.308. The molecule has 1 aromatic carbocycles. The first-order chi connectivity index (χ1) is 8.21. The smallest absolute Gasteiger partial charge is 0.337 e. The Balaban J connectivity index is 2.94. The van der Waals surface area contributed by atoms with Crippen molar-refractivity contribution in [2.24, 2.45) is 5.73 Å². The van der Waals surface area contributed by atoms with Crippen LogP contribution in [0.5, 0.6) is 0 Å². The van der Waals surface area contributed by atoms with Gasteiger partial charge in [-0.1, -0.05) is 30.7 Å². The van der Waals surface area contributed by atoms with Gasteiger partial charge in [0, 0.05) is 0 Å². The zero-order valence-corrected chi connectivity index (χ0v) is 10.4. The zero-order chi connectivity index (χ0) is 12.7. The second-order valence-electron chi connectivity index (χ2n) is 3.81. The molecule has 0 saturated carbocycles. The molecule has 3 nitrogen and oxygen atoms in total. The molecule has 17 heavy (non-hydrogen) atoms. The van der Waals surface area contributed by atoms with Gasteiger partial charge in [0.25, 0.3) is 0 Å². The summed E-state index contributed by atoms with van der Waals surface area (Å²) >= 11 is 0. The minimum Gasteiger partial charge on any atom is -0.465 e. The molecule has 1 aromatic rings. The van der Waals surface area contributed by atoms with Crippen LogP contribution < -0.4 is 5.73 Å². The number of hydrogen-bond acceptors (Lipinski definition) is 3. The highest BCUT2D eigenvalue weighted by Gasteiger charge is 2.04. The molecule has 0 aliphatic carbocycles. The van der Waals surface area contributed by atoms with Gasteiger partial charge in [0.05, 0.1) is 12.7 Å². The third-order valence-corrected chi connectivity index (χ3v) is 2.60. The number of benzene rings is 1. The van der Waals surface area contributed by atoms with E-state index in [0.717, 1.165) is 18.4 Å². The minimum atomic E-state index is -0.308. The fraction of sp³-hybridized carbons (Fsp3) is 0.357. The number of esters is 1. The van der Waals surface area contributed by atoms with Crippen molar-refractivity contribution in [1.82, 2.24) is 0 Å². The van der Waals surface area contributed by atoms with Crippen molar-refractivity contribution in [3.8, 4) is 0 Å². The first-order valence-electron chi connectivity index (χ1n) is 5.79. The Labute approximate surface area is 102 Å². The Morgan fingerprint density at radius 1 is 1.47 bits per heavy atom. The molecule has 2 N–H and O–H groups in total. The van der Waals surface area contributed by atoms with Crippen LogP contribution in [0.25, 0.3) is 6.08 Å². The van der Waals surface area contributed by atoms with Gasteiger partial charge in [0.15, 0.2) is 0 Å². The molecule has 3 heteroatoms. The van der Waals surface area contributed by atoms with E-state index >= 15 is 0 Å². The second-order valence-corrected chi connectivity index (χ2v) is 3.81. The van der Waals surface area contributed by atoms with Gasteiger partial charge in [-0.05, 0) is 37.1 Å². The molecule has 92 valence electrons. The van der Waals surface area contributed by atoms with Crippen molar-refractivity contribution in [3.63, 3.8) is 0 Å². The summed E-state index contributed by atoms with van der Waals surface area (Å²) in [6, 6.07) is 7.40. The van der Waals surface area contributed by atoms with E-state index in [4.69, 9.17) is 10.5 Å². The summed E-state index contributed by atoms with van der Waals surface area (Å²) < 4.78 is 4.69. The van der Waals surface area contributed by atoms with Crippen LogP contribution in [0.3, 0.4) is 0 Å². The van der Waals surface area contributed by atoms with Crippen molar-refractivity contribution in [2.75, 3.05) is 13.7 Å². The number of nitrogens with two attached hydrogens (primary N) is 1. The molecular formula is C14H19NO2. The van der Waals surface area contributed by atoms with Crippen LogP contribution in [0.2, 0.25) is 0 Å². The van der Waals surface area contributed by atoms with Crippen LogP contribution in [0, 0.1) is 0 Å². The highest BCUT2D eigenvalue weighted by Crippen LogP contribution is 2.14. The van der Waals surface area contributed by atoms with Gasteiger partial charge in [-0.3, -0.25) is 0 Å². The van der Waals surface area contributed by atoms with E-state index in [0.29, 0.717) is 12.1 Å². The van der Waals surface area contributed by atoms with Crippen LogP contribution in [0.15, 0.2) is 29.8 Å². The first kappa shape index (κ1) is 13.5. The standard InChI is InChI=1S/C14H19NO2/c1-3-11(7-8-15)9-12-5-4-6-13(10-12)14(16)17-2/h4-6,9-10H,3,7-8,15H2,1-2H3. The van der Waals surface area contributed by atoms with Crippen molar-refractivity contribution in [3.05, 3.63) is 41.0 Å². The number of methoxy groups -OCH3 is 1. The largest absolute Gasteiger partial charge is 0.465 e. The van der Waals surface area contributed by atoms with Gasteiger partial charge in [-0.15, -0.1) is 0 Å². The van der Waals surface area contributed by atoms with Gasteiger partial charge >= 0.3 is 5.97 Å². The summed E-state index contributed by atoms with van der Waals surface area (Å²) in [7, 11) is 1.39. The van der Waals surface area contributed by atoms with Gasteiger partial charge < -0.3 is 10.5 Å². The lowest BCUT2D eigenvalue weighted by Gasteiger charge is -2.04. The first-order valence-corrected chi connectivity index (χ1v) is 5.79. The molecule has 0 heterocycles. The molecule has 0 aliphatic rings. The molecule has 0 saturated heterocycles. The number of hydrogen-bond donors (Lipinski definition) is 1. The second kappa shape index (κ2) is 6.86. The molecule has 0 bridgehead atoms. The van der Waals surface area contributed by atoms with Crippen LogP contribution >= 0.6 is 0 Å². The molecule has 0 fully saturated rings. The van der Waals surface area contributed by atoms with Crippen LogP contribution in [-0.2, 0) is 4.74 Å². The lowest BCUT2D eigenvalue weighted by molar-refractivity contribution is 0.0600. The predicted molar refractivity (Wildman–Crippen MR) is 69.7 cm³/mol. The molecule has 0 atom stereocenters. The Bertz CT molecular complexity index is 410. The summed E-state index contributed by atoms with van der Waals surface area (Å²) in [6.45, 7) is 2.75. The molecule has 0 aliphatic heterocycles. The minimum absolute atomic E-state index is 0.308.